The molecule has 30 heavy (non-hydrogen) atoms. The number of fused-ring (bicyclic) bond motifs is 1. The number of amides is 2. The van der Waals surface area contributed by atoms with Crippen molar-refractivity contribution in [1.82, 2.24) is 14.8 Å². The Balaban J connectivity index is 1.54. The molecule has 2 aromatic rings. The summed E-state index contributed by atoms with van der Waals surface area (Å²) in [4.78, 5) is 32.8. The second kappa shape index (κ2) is 8.66. The molecule has 1 N–H and O–H groups in total. The van der Waals surface area contributed by atoms with E-state index >= 15 is 0 Å². The molecule has 1 aromatic carbocycles. The van der Waals surface area contributed by atoms with E-state index in [4.69, 9.17) is 4.74 Å². The standard InChI is InChI=1S/C23H23N3O4/c1-30-12-2-3-16-4-6-17(7-5-16)22-19-13-25(14-21(28)26(19)20(22)15-27)23(29)18-8-10-24-11-9-18/h4-11,19-20,22,27H,12-15H2,1H3/t19-,20-,22-/m1/s1. The summed E-state index contributed by atoms with van der Waals surface area (Å²) < 4.78 is 4.94. The Bertz CT molecular complexity index is 981. The Labute approximate surface area is 175 Å². The fourth-order valence-electron chi connectivity index (χ4n) is 4.33. The van der Waals surface area contributed by atoms with E-state index in [1.165, 1.54) is 0 Å². The van der Waals surface area contributed by atoms with Crippen LogP contribution in [-0.4, -0.2) is 77.2 Å². The van der Waals surface area contributed by atoms with Gasteiger partial charge in [-0.25, -0.2) is 0 Å². The number of carbonyl (C=O) groups is 2. The molecule has 0 saturated carbocycles. The lowest BCUT2D eigenvalue weighted by Crippen LogP contribution is -2.73. The van der Waals surface area contributed by atoms with E-state index in [9.17, 15) is 14.7 Å². The fourth-order valence-corrected chi connectivity index (χ4v) is 4.33. The lowest BCUT2D eigenvalue weighted by Gasteiger charge is -2.58. The highest BCUT2D eigenvalue weighted by Crippen LogP contribution is 2.43. The van der Waals surface area contributed by atoms with Gasteiger partial charge in [-0.1, -0.05) is 24.0 Å². The number of aromatic nitrogens is 1. The van der Waals surface area contributed by atoms with Gasteiger partial charge in [0.1, 0.15) is 13.2 Å². The molecule has 0 bridgehead atoms. The summed E-state index contributed by atoms with van der Waals surface area (Å²) in [5.74, 6) is 5.60. The second-order valence-electron chi connectivity index (χ2n) is 7.42. The highest BCUT2D eigenvalue weighted by molar-refractivity contribution is 5.97. The van der Waals surface area contributed by atoms with E-state index in [0.717, 1.165) is 11.1 Å². The van der Waals surface area contributed by atoms with Crippen LogP contribution in [0.15, 0.2) is 48.8 Å². The molecule has 7 heteroatoms. The van der Waals surface area contributed by atoms with Crippen LogP contribution in [0.25, 0.3) is 0 Å². The minimum absolute atomic E-state index is 0.0227. The average Bonchev–Trinajstić information content (AvgIpc) is 2.76. The number of aliphatic hydroxyl groups is 1. The van der Waals surface area contributed by atoms with Crippen molar-refractivity contribution in [2.24, 2.45) is 0 Å². The maximum absolute atomic E-state index is 12.8. The second-order valence-corrected chi connectivity index (χ2v) is 7.42. The fraction of sp³-hybridized carbons (Fsp3) is 0.348. The third-order valence-electron chi connectivity index (χ3n) is 5.71. The van der Waals surface area contributed by atoms with Crippen LogP contribution in [0.1, 0.15) is 27.4 Å². The number of carbonyl (C=O) groups excluding carboxylic acids is 2. The lowest BCUT2D eigenvalue weighted by atomic mass is 9.73. The summed E-state index contributed by atoms with van der Waals surface area (Å²) in [6, 6.07) is 10.7. The molecule has 2 fully saturated rings. The maximum atomic E-state index is 12.8. The molecule has 7 nitrogen and oxygen atoms in total. The van der Waals surface area contributed by atoms with Crippen LogP contribution in [0.5, 0.6) is 0 Å². The number of piperazine rings is 1. The molecule has 1 aromatic heterocycles. The van der Waals surface area contributed by atoms with E-state index in [1.54, 1.807) is 41.4 Å². The first-order valence-corrected chi connectivity index (χ1v) is 9.83. The van der Waals surface area contributed by atoms with Crippen molar-refractivity contribution >= 4 is 11.8 Å². The van der Waals surface area contributed by atoms with Gasteiger partial charge in [0, 0.05) is 43.1 Å². The minimum atomic E-state index is -0.272. The molecular weight excluding hydrogens is 382 g/mol. The zero-order chi connectivity index (χ0) is 21.1. The smallest absolute Gasteiger partial charge is 0.254 e. The molecule has 2 aliphatic heterocycles. The van der Waals surface area contributed by atoms with Crippen molar-refractivity contribution in [3.8, 4) is 11.8 Å². The van der Waals surface area contributed by atoms with Gasteiger partial charge in [0.05, 0.1) is 18.7 Å². The Morgan fingerprint density at radius 1 is 1.23 bits per heavy atom. The normalized spacial score (nSPS) is 22.6. The van der Waals surface area contributed by atoms with Gasteiger partial charge in [-0.05, 0) is 29.8 Å². The summed E-state index contributed by atoms with van der Waals surface area (Å²) in [5, 5.41) is 9.91. The number of aliphatic hydroxyl groups excluding tert-OH is 1. The molecule has 154 valence electrons. The van der Waals surface area contributed by atoms with E-state index < -0.39 is 0 Å². The minimum Gasteiger partial charge on any atom is -0.394 e. The summed E-state index contributed by atoms with van der Waals surface area (Å²) in [6.07, 6.45) is 3.13. The van der Waals surface area contributed by atoms with Gasteiger partial charge >= 0.3 is 0 Å². The van der Waals surface area contributed by atoms with Crippen molar-refractivity contribution in [3.05, 3.63) is 65.5 Å². The van der Waals surface area contributed by atoms with Crippen LogP contribution >= 0.6 is 0 Å². The maximum Gasteiger partial charge on any atom is 0.254 e. The van der Waals surface area contributed by atoms with Gasteiger partial charge in [-0.15, -0.1) is 0 Å². The Morgan fingerprint density at radius 2 is 1.97 bits per heavy atom. The molecule has 0 radical (unpaired) electrons. The Kier molecular flexibility index (Phi) is 5.79. The zero-order valence-corrected chi connectivity index (χ0v) is 16.7. The van der Waals surface area contributed by atoms with E-state index in [2.05, 4.69) is 16.8 Å². The molecule has 3 heterocycles. The molecule has 0 unspecified atom stereocenters. The Morgan fingerprint density at radius 3 is 2.63 bits per heavy atom. The number of hydrogen-bond acceptors (Lipinski definition) is 5. The quantitative estimate of drug-likeness (QED) is 0.764. The lowest BCUT2D eigenvalue weighted by molar-refractivity contribution is -0.159. The topological polar surface area (TPSA) is 83.0 Å². The third kappa shape index (κ3) is 3.67. The van der Waals surface area contributed by atoms with Gasteiger partial charge in [0.2, 0.25) is 5.91 Å². The summed E-state index contributed by atoms with van der Waals surface area (Å²) in [5.41, 5.74) is 2.42. The summed E-state index contributed by atoms with van der Waals surface area (Å²) >= 11 is 0. The predicted octanol–water partition coefficient (Wildman–Crippen LogP) is 0.891. The molecule has 4 rings (SSSR count). The first-order valence-electron chi connectivity index (χ1n) is 9.83. The third-order valence-corrected chi connectivity index (χ3v) is 5.71. The van der Waals surface area contributed by atoms with Crippen LogP contribution in [0, 0.1) is 11.8 Å². The SMILES string of the molecule is COCC#Cc1ccc([C@H]2[C@@H](CO)N3C(=O)CN(C(=O)c4ccncc4)C[C@H]23)cc1. The highest BCUT2D eigenvalue weighted by atomic mass is 16.5. The largest absolute Gasteiger partial charge is 0.394 e. The van der Waals surface area contributed by atoms with Crippen LogP contribution in [0.4, 0.5) is 0 Å². The molecule has 2 saturated heterocycles. The molecule has 0 spiro atoms. The van der Waals surface area contributed by atoms with E-state index in [1.807, 2.05) is 24.3 Å². The number of ether oxygens (including phenoxy) is 1. The molecule has 3 atom stereocenters. The molecule has 2 aliphatic rings. The van der Waals surface area contributed by atoms with Crippen molar-refractivity contribution in [3.63, 3.8) is 0 Å². The van der Waals surface area contributed by atoms with Gasteiger partial charge in [-0.2, -0.15) is 0 Å². The van der Waals surface area contributed by atoms with Crippen LogP contribution in [0.3, 0.4) is 0 Å². The molecule has 0 aliphatic carbocycles. The van der Waals surface area contributed by atoms with Crippen LogP contribution in [-0.2, 0) is 9.53 Å². The Hall–Kier alpha value is -3.21. The van der Waals surface area contributed by atoms with Gasteiger partial charge in [0.15, 0.2) is 0 Å². The summed E-state index contributed by atoms with van der Waals surface area (Å²) in [7, 11) is 1.60. The number of benzene rings is 1. The van der Waals surface area contributed by atoms with Crippen molar-refractivity contribution in [1.29, 1.82) is 0 Å². The monoisotopic (exact) mass is 405 g/mol. The molecular formula is C23H23N3O4. The van der Waals surface area contributed by atoms with E-state index in [0.29, 0.717) is 18.7 Å². The van der Waals surface area contributed by atoms with Crippen LogP contribution in [0.2, 0.25) is 0 Å². The van der Waals surface area contributed by atoms with E-state index in [-0.39, 0.29) is 43.0 Å². The highest BCUT2D eigenvalue weighted by Gasteiger charge is 2.54. The first kappa shape index (κ1) is 20.1. The van der Waals surface area contributed by atoms with Crippen molar-refractivity contribution < 1.29 is 19.4 Å². The van der Waals surface area contributed by atoms with Gasteiger partial charge < -0.3 is 19.6 Å². The van der Waals surface area contributed by atoms with Crippen molar-refractivity contribution in [2.45, 2.75) is 18.0 Å². The zero-order valence-electron chi connectivity index (χ0n) is 16.7. The number of nitrogens with zero attached hydrogens (tertiary/aromatic N) is 3. The number of hydrogen-bond donors (Lipinski definition) is 1. The average molecular weight is 405 g/mol. The first-order chi connectivity index (χ1) is 14.6. The van der Waals surface area contributed by atoms with Gasteiger partial charge in [0.25, 0.3) is 5.91 Å². The number of rotatable bonds is 4. The van der Waals surface area contributed by atoms with Crippen molar-refractivity contribution in [2.75, 3.05) is 33.4 Å². The van der Waals surface area contributed by atoms with Gasteiger partial charge in [-0.3, -0.25) is 14.6 Å². The molecule has 2 amide bonds. The van der Waals surface area contributed by atoms with Crippen LogP contribution < -0.4 is 0 Å². The number of pyridine rings is 1. The summed E-state index contributed by atoms with van der Waals surface area (Å²) in [6.45, 7) is 0.719. The number of methoxy groups -OCH3 is 1. The predicted molar refractivity (Wildman–Crippen MR) is 110 cm³/mol.